The molecule has 254 valence electrons. The summed E-state index contributed by atoms with van der Waals surface area (Å²) in [5.74, 6) is -0.162. The maximum atomic E-state index is 12.2. The number of benzene rings is 4. The molecule has 4 aromatic carbocycles. The van der Waals surface area contributed by atoms with Gasteiger partial charge in [0.15, 0.2) is 0 Å². The molecule has 7 rings (SSSR count). The molecule has 6 aromatic rings. The van der Waals surface area contributed by atoms with Gasteiger partial charge in [-0.2, -0.15) is 0 Å². The van der Waals surface area contributed by atoms with Gasteiger partial charge in [0.1, 0.15) is 5.82 Å². The fraction of sp³-hybridized carbons (Fsp3) is 0.143. The zero-order valence-electron chi connectivity index (χ0n) is 28.4. The quantitative estimate of drug-likeness (QED) is 0.114. The third-order valence-electron chi connectivity index (χ3n) is 9.30. The van der Waals surface area contributed by atoms with E-state index in [1.807, 2.05) is 66.7 Å². The highest BCUT2D eigenvalue weighted by atomic mass is 16.2. The number of hydrogen-bond donors (Lipinski definition) is 4. The SMILES string of the molecule is C=CC(=O)Nc1cccc(-c2cc(-c3nc(-c4cccc(NC(=O)C=C)c4)cc4c(NC5CCN(C)CC5)cccc34)c3ccc(N)nc3c2)c1. The first-order valence-electron chi connectivity index (χ1n) is 16.9. The van der Waals surface area contributed by atoms with Crippen molar-refractivity contribution in [1.82, 2.24) is 14.9 Å². The molecule has 0 atom stereocenters. The van der Waals surface area contributed by atoms with Gasteiger partial charge in [-0.1, -0.05) is 49.6 Å². The van der Waals surface area contributed by atoms with Crippen LogP contribution in [0.5, 0.6) is 0 Å². The van der Waals surface area contributed by atoms with Gasteiger partial charge in [-0.25, -0.2) is 9.97 Å². The molecule has 5 N–H and O–H groups in total. The van der Waals surface area contributed by atoms with Crippen LogP contribution in [0.4, 0.5) is 22.9 Å². The Balaban J connectivity index is 1.45. The van der Waals surface area contributed by atoms with Crippen molar-refractivity contribution in [3.8, 4) is 33.6 Å². The zero-order chi connectivity index (χ0) is 35.5. The number of anilines is 4. The molecule has 0 spiro atoms. The molecule has 51 heavy (non-hydrogen) atoms. The van der Waals surface area contributed by atoms with Crippen molar-refractivity contribution in [2.45, 2.75) is 18.9 Å². The van der Waals surface area contributed by atoms with E-state index in [0.29, 0.717) is 23.2 Å². The van der Waals surface area contributed by atoms with E-state index in [9.17, 15) is 9.59 Å². The van der Waals surface area contributed by atoms with Crippen LogP contribution in [0.1, 0.15) is 12.8 Å². The number of nitrogens with one attached hydrogen (secondary N) is 3. The summed E-state index contributed by atoms with van der Waals surface area (Å²) in [4.78, 5) is 36.8. The number of fused-ring (bicyclic) bond motifs is 2. The van der Waals surface area contributed by atoms with E-state index in [2.05, 4.69) is 71.4 Å². The average molecular weight is 674 g/mol. The largest absolute Gasteiger partial charge is 0.384 e. The number of carbonyl (C=O) groups is 2. The van der Waals surface area contributed by atoms with E-state index >= 15 is 0 Å². The van der Waals surface area contributed by atoms with E-state index in [1.165, 1.54) is 12.2 Å². The van der Waals surface area contributed by atoms with Gasteiger partial charge in [-0.3, -0.25) is 9.59 Å². The Morgan fingerprint density at radius 2 is 1.41 bits per heavy atom. The average Bonchev–Trinajstić information content (AvgIpc) is 3.15. The molecule has 1 saturated heterocycles. The first kappa shape index (κ1) is 33.2. The minimum atomic E-state index is -0.286. The van der Waals surface area contributed by atoms with Crippen molar-refractivity contribution in [3.05, 3.63) is 122 Å². The summed E-state index contributed by atoms with van der Waals surface area (Å²) < 4.78 is 0. The topological polar surface area (TPSA) is 125 Å². The first-order chi connectivity index (χ1) is 24.8. The number of nitrogen functional groups attached to an aromatic ring is 1. The monoisotopic (exact) mass is 673 g/mol. The molecule has 3 heterocycles. The Bertz CT molecular complexity index is 2330. The Hall–Kier alpha value is -6.32. The predicted octanol–water partition coefficient (Wildman–Crippen LogP) is 8.12. The van der Waals surface area contributed by atoms with Crippen LogP contribution in [0.15, 0.2) is 122 Å². The third kappa shape index (κ3) is 7.20. The highest BCUT2D eigenvalue weighted by Gasteiger charge is 2.20. The molecule has 9 nitrogen and oxygen atoms in total. The van der Waals surface area contributed by atoms with Crippen molar-refractivity contribution < 1.29 is 9.59 Å². The lowest BCUT2D eigenvalue weighted by atomic mass is 9.93. The van der Waals surface area contributed by atoms with Gasteiger partial charge in [0.2, 0.25) is 11.8 Å². The molecule has 2 amide bonds. The lowest BCUT2D eigenvalue weighted by Crippen LogP contribution is -2.36. The Labute approximate surface area is 296 Å². The van der Waals surface area contributed by atoms with Crippen LogP contribution in [0, 0.1) is 0 Å². The number of piperidine rings is 1. The molecule has 0 unspecified atom stereocenters. The number of nitrogens with zero attached hydrogens (tertiary/aromatic N) is 3. The van der Waals surface area contributed by atoms with Crippen molar-refractivity contribution in [1.29, 1.82) is 0 Å². The van der Waals surface area contributed by atoms with E-state index in [4.69, 9.17) is 15.7 Å². The molecular weight excluding hydrogens is 635 g/mol. The molecule has 2 aromatic heterocycles. The van der Waals surface area contributed by atoms with Crippen molar-refractivity contribution in [2.75, 3.05) is 41.8 Å². The molecular formula is C42H39N7O2. The lowest BCUT2D eigenvalue weighted by Gasteiger charge is -2.30. The molecule has 1 fully saturated rings. The predicted molar refractivity (Wildman–Crippen MR) is 210 cm³/mol. The molecule has 1 aliphatic heterocycles. The van der Waals surface area contributed by atoms with Gasteiger partial charge >= 0.3 is 0 Å². The van der Waals surface area contributed by atoms with Gasteiger partial charge in [0.05, 0.1) is 16.9 Å². The number of pyridine rings is 2. The molecule has 9 heteroatoms. The molecule has 0 radical (unpaired) electrons. The highest BCUT2D eigenvalue weighted by molar-refractivity contribution is 6.09. The summed E-state index contributed by atoms with van der Waals surface area (Å²) in [5.41, 5.74) is 14.3. The first-order valence-corrected chi connectivity index (χ1v) is 16.9. The normalized spacial score (nSPS) is 13.5. The van der Waals surface area contributed by atoms with Crippen molar-refractivity contribution in [2.24, 2.45) is 0 Å². The number of carbonyl (C=O) groups excluding carboxylic acids is 2. The van der Waals surface area contributed by atoms with Gasteiger partial charge in [-0.05, 0) is 117 Å². The highest BCUT2D eigenvalue weighted by Crippen LogP contribution is 2.40. The fourth-order valence-corrected chi connectivity index (χ4v) is 6.66. The molecule has 0 bridgehead atoms. The zero-order valence-corrected chi connectivity index (χ0v) is 28.4. The van der Waals surface area contributed by atoms with Gasteiger partial charge in [-0.15, -0.1) is 0 Å². The summed E-state index contributed by atoms with van der Waals surface area (Å²) in [6, 6.07) is 32.0. The minimum absolute atomic E-state index is 0.285. The smallest absolute Gasteiger partial charge is 0.247 e. The Morgan fingerprint density at radius 1 is 0.745 bits per heavy atom. The summed E-state index contributed by atoms with van der Waals surface area (Å²) in [6.45, 7) is 9.24. The van der Waals surface area contributed by atoms with E-state index in [1.54, 1.807) is 0 Å². The van der Waals surface area contributed by atoms with Crippen LogP contribution in [-0.4, -0.2) is 52.9 Å². The number of likely N-dealkylation sites (tertiary alicyclic amines) is 1. The fourth-order valence-electron chi connectivity index (χ4n) is 6.66. The van der Waals surface area contributed by atoms with Crippen LogP contribution in [0.3, 0.4) is 0 Å². The molecule has 0 saturated carbocycles. The van der Waals surface area contributed by atoms with Crippen molar-refractivity contribution >= 4 is 56.4 Å². The number of amides is 2. The summed E-state index contributed by atoms with van der Waals surface area (Å²) >= 11 is 0. The number of hydrogen-bond acceptors (Lipinski definition) is 7. The molecule has 1 aliphatic rings. The number of rotatable bonds is 9. The second-order valence-corrected chi connectivity index (χ2v) is 12.9. The molecule has 0 aliphatic carbocycles. The Kier molecular flexibility index (Phi) is 9.28. The summed E-state index contributed by atoms with van der Waals surface area (Å²) in [5, 5.41) is 12.5. The lowest BCUT2D eigenvalue weighted by molar-refractivity contribution is -0.112. The summed E-state index contributed by atoms with van der Waals surface area (Å²) in [6.07, 6.45) is 4.60. The van der Waals surface area contributed by atoms with Gasteiger partial charge in [0, 0.05) is 50.4 Å². The van der Waals surface area contributed by atoms with Crippen LogP contribution < -0.4 is 21.7 Å². The van der Waals surface area contributed by atoms with Crippen LogP contribution in [-0.2, 0) is 9.59 Å². The second kappa shape index (κ2) is 14.3. The standard InChI is InChI=1S/C42H39N7O2/c1-4-40(50)45-30-11-6-9-26(21-30)28-23-35(32-15-16-39(43)47-38(32)24-28)42-33-13-8-14-36(44-29-17-19-49(3)20-18-29)34(33)25-37(48-42)27-10-7-12-31(22-27)46-41(51)5-2/h4-16,21-25,29,44H,1-2,17-20H2,3H3,(H2,43,47)(H,45,50)(H,46,51). The Morgan fingerprint density at radius 3 is 2.12 bits per heavy atom. The van der Waals surface area contributed by atoms with E-state index in [-0.39, 0.29) is 11.8 Å². The van der Waals surface area contributed by atoms with Gasteiger partial charge < -0.3 is 26.6 Å². The van der Waals surface area contributed by atoms with Crippen LogP contribution in [0.25, 0.3) is 55.3 Å². The number of nitrogens with two attached hydrogens (primary N) is 1. The maximum Gasteiger partial charge on any atom is 0.247 e. The van der Waals surface area contributed by atoms with Crippen LogP contribution in [0.2, 0.25) is 0 Å². The maximum absolute atomic E-state index is 12.2. The van der Waals surface area contributed by atoms with E-state index in [0.717, 1.165) is 86.9 Å². The second-order valence-electron chi connectivity index (χ2n) is 12.9. The van der Waals surface area contributed by atoms with Crippen LogP contribution >= 0.6 is 0 Å². The van der Waals surface area contributed by atoms with Gasteiger partial charge in [0.25, 0.3) is 0 Å². The number of aromatic nitrogens is 2. The third-order valence-corrected chi connectivity index (χ3v) is 9.30. The minimum Gasteiger partial charge on any atom is -0.384 e. The van der Waals surface area contributed by atoms with E-state index < -0.39 is 0 Å². The summed E-state index contributed by atoms with van der Waals surface area (Å²) in [7, 11) is 2.17. The van der Waals surface area contributed by atoms with Crippen molar-refractivity contribution in [3.63, 3.8) is 0 Å².